The normalized spacial score (nSPS) is 10.6. The summed E-state index contributed by atoms with van der Waals surface area (Å²) in [6.45, 7) is 0. The summed E-state index contributed by atoms with van der Waals surface area (Å²) < 4.78 is 0.751. The van der Waals surface area contributed by atoms with Gasteiger partial charge in [0, 0.05) is 10.0 Å². The fraction of sp³-hybridized carbons (Fsp3) is 0. The van der Waals surface area contributed by atoms with Crippen LogP contribution in [0.5, 0.6) is 5.75 Å². The largest absolute Gasteiger partial charge is 0.506 e. The maximum absolute atomic E-state index is 10.0. The number of benzene rings is 1. The fourth-order valence-electron chi connectivity index (χ4n) is 0.856. The summed E-state index contributed by atoms with van der Waals surface area (Å²) in [5, 5.41) is 9.68. The lowest BCUT2D eigenvalue weighted by atomic mass is 10.2. The van der Waals surface area contributed by atoms with Gasteiger partial charge < -0.3 is 5.11 Å². The van der Waals surface area contributed by atoms with Crippen molar-refractivity contribution in [1.29, 1.82) is 0 Å². The van der Waals surface area contributed by atoms with E-state index < -0.39 is 0 Å². The molecule has 68 valence electrons. The number of halogens is 2. The summed E-state index contributed by atoms with van der Waals surface area (Å²) in [5.41, 5.74) is 0.506. The number of phenolic OH excluding ortho intramolecular Hbond substituents is 1. The summed E-state index contributed by atoms with van der Waals surface area (Å²) in [7, 11) is 0. The highest BCUT2D eigenvalue weighted by atomic mass is 79.9. The summed E-state index contributed by atoms with van der Waals surface area (Å²) in [6.07, 6.45) is 3.41. The van der Waals surface area contributed by atoms with Gasteiger partial charge in [-0.15, -0.1) is 0 Å². The van der Waals surface area contributed by atoms with Crippen molar-refractivity contribution in [3.8, 4) is 5.75 Å². The monoisotopic (exact) mass is 260 g/mol. The Morgan fingerprint density at radius 1 is 1.46 bits per heavy atom. The summed E-state index contributed by atoms with van der Waals surface area (Å²) in [4.78, 5) is 10.0. The number of carbonyl (C=O) groups is 1. The molecule has 13 heavy (non-hydrogen) atoms. The van der Waals surface area contributed by atoms with E-state index in [1.165, 1.54) is 12.2 Å². The molecule has 2 nitrogen and oxygen atoms in total. The zero-order valence-electron chi connectivity index (χ0n) is 6.50. The number of phenols is 1. The van der Waals surface area contributed by atoms with Crippen molar-refractivity contribution >= 4 is 39.9 Å². The first-order valence-corrected chi connectivity index (χ1v) is 4.62. The third kappa shape index (κ3) is 2.57. The highest BCUT2D eigenvalue weighted by Gasteiger charge is 2.04. The Morgan fingerprint density at radius 2 is 2.15 bits per heavy atom. The van der Waals surface area contributed by atoms with E-state index in [1.54, 1.807) is 12.1 Å². The van der Waals surface area contributed by atoms with E-state index in [2.05, 4.69) is 15.9 Å². The molecule has 1 aromatic rings. The van der Waals surface area contributed by atoms with Crippen LogP contribution in [0.2, 0.25) is 5.02 Å². The molecule has 0 heterocycles. The average molecular weight is 262 g/mol. The molecule has 1 aromatic carbocycles. The molecule has 0 radical (unpaired) electrons. The molecule has 0 saturated heterocycles. The molecule has 0 bridgehead atoms. The number of aromatic hydroxyl groups is 1. The average Bonchev–Trinajstić information content (AvgIpc) is 2.09. The molecular formula is C9H6BrClO2. The van der Waals surface area contributed by atoms with Crippen molar-refractivity contribution in [3.05, 3.63) is 33.3 Å². The van der Waals surface area contributed by atoms with Gasteiger partial charge in [0.2, 0.25) is 0 Å². The molecule has 0 aliphatic carbocycles. The minimum absolute atomic E-state index is 0.0250. The van der Waals surface area contributed by atoms with Crippen LogP contribution in [0.15, 0.2) is 22.7 Å². The van der Waals surface area contributed by atoms with E-state index in [0.29, 0.717) is 11.8 Å². The van der Waals surface area contributed by atoms with Gasteiger partial charge in [-0.3, -0.25) is 4.79 Å². The molecule has 0 aromatic heterocycles. The van der Waals surface area contributed by atoms with Gasteiger partial charge in [-0.25, -0.2) is 0 Å². The van der Waals surface area contributed by atoms with Crippen molar-refractivity contribution in [2.24, 2.45) is 0 Å². The van der Waals surface area contributed by atoms with Crippen LogP contribution in [0.1, 0.15) is 5.56 Å². The Kier molecular flexibility index (Phi) is 3.51. The Labute approximate surface area is 89.0 Å². The van der Waals surface area contributed by atoms with Crippen LogP contribution in [0, 0.1) is 0 Å². The highest BCUT2D eigenvalue weighted by Crippen LogP contribution is 2.31. The van der Waals surface area contributed by atoms with Crippen molar-refractivity contribution in [3.63, 3.8) is 0 Å². The quantitative estimate of drug-likeness (QED) is 0.656. The maximum Gasteiger partial charge on any atom is 0.142 e. The molecule has 0 saturated carbocycles. The van der Waals surface area contributed by atoms with Crippen LogP contribution in [-0.4, -0.2) is 11.4 Å². The van der Waals surface area contributed by atoms with Crippen molar-refractivity contribution in [2.45, 2.75) is 0 Å². The molecule has 4 heteroatoms. The summed E-state index contributed by atoms with van der Waals surface area (Å²) in [5.74, 6) is -0.0250. The van der Waals surface area contributed by atoms with Crippen LogP contribution < -0.4 is 0 Å². The Bertz CT molecular complexity index is 361. The van der Waals surface area contributed by atoms with E-state index >= 15 is 0 Å². The smallest absolute Gasteiger partial charge is 0.142 e. The second kappa shape index (κ2) is 4.44. The SMILES string of the molecule is O=C/C=C\c1cc(Br)cc(Cl)c1O. The molecule has 0 aliphatic rings. The number of allylic oxidation sites excluding steroid dienone is 1. The number of aldehydes is 1. The predicted molar refractivity (Wildman–Crippen MR) is 55.9 cm³/mol. The molecule has 0 atom stereocenters. The minimum Gasteiger partial charge on any atom is -0.506 e. The molecule has 0 amide bonds. The molecule has 1 N–H and O–H groups in total. The van der Waals surface area contributed by atoms with Gasteiger partial charge in [-0.1, -0.05) is 27.5 Å². The summed E-state index contributed by atoms with van der Waals surface area (Å²) >= 11 is 8.92. The fourth-order valence-corrected chi connectivity index (χ4v) is 1.69. The molecule has 0 aliphatic heterocycles. The Morgan fingerprint density at radius 3 is 2.77 bits per heavy atom. The Hall–Kier alpha value is -0.800. The van der Waals surface area contributed by atoms with Crippen molar-refractivity contribution < 1.29 is 9.90 Å². The molecule has 0 fully saturated rings. The number of hydrogen-bond acceptors (Lipinski definition) is 2. The maximum atomic E-state index is 10.0. The van der Waals surface area contributed by atoms with Crippen LogP contribution in [0.4, 0.5) is 0 Å². The number of hydrogen-bond donors (Lipinski definition) is 1. The van der Waals surface area contributed by atoms with Gasteiger partial charge in [-0.05, 0) is 24.3 Å². The topological polar surface area (TPSA) is 37.3 Å². The standard InChI is InChI=1S/C9H6BrClO2/c10-7-4-6(2-1-3-12)9(13)8(11)5-7/h1-5,13H/b2-1-. The van der Waals surface area contributed by atoms with E-state index in [9.17, 15) is 9.90 Å². The van der Waals surface area contributed by atoms with Crippen LogP contribution in [0.3, 0.4) is 0 Å². The van der Waals surface area contributed by atoms with E-state index in [1.807, 2.05) is 0 Å². The van der Waals surface area contributed by atoms with Gasteiger partial charge in [0.05, 0.1) is 5.02 Å². The predicted octanol–water partition coefficient (Wildman–Crippen LogP) is 3.02. The Balaban J connectivity index is 3.19. The first-order valence-electron chi connectivity index (χ1n) is 3.45. The number of rotatable bonds is 2. The van der Waals surface area contributed by atoms with Gasteiger partial charge in [0.25, 0.3) is 0 Å². The van der Waals surface area contributed by atoms with Gasteiger partial charge in [0.1, 0.15) is 12.0 Å². The van der Waals surface area contributed by atoms with Crippen LogP contribution in [-0.2, 0) is 4.79 Å². The molecular weight excluding hydrogens is 255 g/mol. The lowest BCUT2D eigenvalue weighted by molar-refractivity contribution is -0.104. The molecule has 0 unspecified atom stereocenters. The van der Waals surface area contributed by atoms with E-state index in [4.69, 9.17) is 11.6 Å². The summed E-state index contributed by atoms with van der Waals surface area (Å²) in [6, 6.07) is 3.25. The lowest BCUT2D eigenvalue weighted by Crippen LogP contribution is -1.77. The highest BCUT2D eigenvalue weighted by molar-refractivity contribution is 9.10. The van der Waals surface area contributed by atoms with E-state index in [-0.39, 0.29) is 10.8 Å². The number of carbonyl (C=O) groups excluding carboxylic acids is 1. The van der Waals surface area contributed by atoms with Gasteiger partial charge in [0.15, 0.2) is 0 Å². The lowest BCUT2D eigenvalue weighted by Gasteiger charge is -2.01. The van der Waals surface area contributed by atoms with Gasteiger partial charge in [-0.2, -0.15) is 0 Å². The second-order valence-corrected chi connectivity index (χ2v) is 3.64. The zero-order chi connectivity index (χ0) is 9.84. The third-order valence-electron chi connectivity index (χ3n) is 1.41. The molecule has 1 rings (SSSR count). The van der Waals surface area contributed by atoms with Crippen molar-refractivity contribution in [2.75, 3.05) is 0 Å². The van der Waals surface area contributed by atoms with Crippen molar-refractivity contribution in [1.82, 2.24) is 0 Å². The first-order chi connectivity index (χ1) is 6.15. The third-order valence-corrected chi connectivity index (χ3v) is 2.16. The van der Waals surface area contributed by atoms with Crippen LogP contribution in [0.25, 0.3) is 6.08 Å². The zero-order valence-corrected chi connectivity index (χ0v) is 8.84. The second-order valence-electron chi connectivity index (χ2n) is 2.32. The van der Waals surface area contributed by atoms with Crippen LogP contribution >= 0.6 is 27.5 Å². The van der Waals surface area contributed by atoms with Gasteiger partial charge >= 0.3 is 0 Å². The minimum atomic E-state index is -0.0250. The van der Waals surface area contributed by atoms with E-state index in [0.717, 1.165) is 4.47 Å². The first kappa shape index (κ1) is 10.3. The molecule has 0 spiro atoms.